The summed E-state index contributed by atoms with van der Waals surface area (Å²) in [6, 6.07) is 0. The second-order valence-corrected chi connectivity index (χ2v) is 3.66. The molecule has 72 valence electrons. The fraction of sp³-hybridized carbons (Fsp3) is 0.583. The van der Waals surface area contributed by atoms with Crippen molar-refractivity contribution in [1.29, 1.82) is 0 Å². The summed E-state index contributed by atoms with van der Waals surface area (Å²) < 4.78 is 0. The van der Waals surface area contributed by atoms with E-state index in [9.17, 15) is 4.79 Å². The smallest absolute Gasteiger partial charge is 0.155 e. The summed E-state index contributed by atoms with van der Waals surface area (Å²) in [6.07, 6.45) is 11.2. The van der Waals surface area contributed by atoms with Gasteiger partial charge in [-0.05, 0) is 44.6 Å². The normalized spacial score (nSPS) is 17.8. The Morgan fingerprint density at radius 3 is 2.92 bits per heavy atom. The number of hydrogen-bond donors (Lipinski definition) is 0. The van der Waals surface area contributed by atoms with Crippen LogP contribution in [0, 0.1) is 0 Å². The minimum atomic E-state index is 0.325. The molecule has 13 heavy (non-hydrogen) atoms. The van der Waals surface area contributed by atoms with Crippen LogP contribution in [-0.4, -0.2) is 5.78 Å². The predicted molar refractivity (Wildman–Crippen MR) is 55.6 cm³/mol. The van der Waals surface area contributed by atoms with Crippen LogP contribution in [0.25, 0.3) is 0 Å². The fourth-order valence-corrected chi connectivity index (χ4v) is 1.69. The number of rotatable bonds is 4. The van der Waals surface area contributed by atoms with Crippen LogP contribution in [0.1, 0.15) is 44.9 Å². The Labute approximate surface area is 80.5 Å². The average molecular weight is 178 g/mol. The zero-order chi connectivity index (χ0) is 9.52. The summed E-state index contributed by atoms with van der Waals surface area (Å²) in [6.45, 7) is 3.69. The highest BCUT2D eigenvalue weighted by molar-refractivity contribution is 5.90. The molecule has 0 spiro atoms. The van der Waals surface area contributed by atoms with Gasteiger partial charge >= 0.3 is 0 Å². The van der Waals surface area contributed by atoms with Crippen LogP contribution in [0.4, 0.5) is 0 Å². The van der Waals surface area contributed by atoms with Gasteiger partial charge in [0, 0.05) is 6.42 Å². The maximum atomic E-state index is 11.2. The summed E-state index contributed by atoms with van der Waals surface area (Å²) in [4.78, 5) is 11.2. The minimum Gasteiger partial charge on any atom is -0.295 e. The summed E-state index contributed by atoms with van der Waals surface area (Å²) in [7, 11) is 0. The SMILES string of the molecule is C=CCCCC1=CC(=O)CCCC1. The van der Waals surface area contributed by atoms with Crippen LogP contribution in [0.2, 0.25) is 0 Å². The lowest BCUT2D eigenvalue weighted by atomic mass is 10.0. The van der Waals surface area contributed by atoms with E-state index in [2.05, 4.69) is 6.58 Å². The van der Waals surface area contributed by atoms with Gasteiger partial charge in [0.15, 0.2) is 5.78 Å². The van der Waals surface area contributed by atoms with Gasteiger partial charge in [-0.1, -0.05) is 11.6 Å². The second kappa shape index (κ2) is 5.74. The zero-order valence-corrected chi connectivity index (χ0v) is 8.22. The van der Waals surface area contributed by atoms with Crippen molar-refractivity contribution in [3.63, 3.8) is 0 Å². The number of ketones is 1. The molecule has 1 aliphatic rings. The van der Waals surface area contributed by atoms with E-state index >= 15 is 0 Å². The molecular formula is C12H18O. The molecule has 0 bridgehead atoms. The van der Waals surface area contributed by atoms with Crippen LogP contribution in [0.5, 0.6) is 0 Å². The van der Waals surface area contributed by atoms with Crippen molar-refractivity contribution in [2.45, 2.75) is 44.9 Å². The molecule has 0 N–H and O–H groups in total. The number of hydrogen-bond acceptors (Lipinski definition) is 1. The molecule has 1 nitrogen and oxygen atoms in total. The lowest BCUT2D eigenvalue weighted by Crippen LogP contribution is -1.90. The molecule has 0 amide bonds. The van der Waals surface area contributed by atoms with E-state index in [-0.39, 0.29) is 0 Å². The van der Waals surface area contributed by atoms with E-state index in [1.165, 1.54) is 12.0 Å². The van der Waals surface area contributed by atoms with Gasteiger partial charge in [0.2, 0.25) is 0 Å². The summed E-state index contributed by atoms with van der Waals surface area (Å²) in [5.41, 5.74) is 1.35. The van der Waals surface area contributed by atoms with Gasteiger partial charge < -0.3 is 0 Å². The lowest BCUT2D eigenvalue weighted by molar-refractivity contribution is -0.114. The molecule has 0 fully saturated rings. The van der Waals surface area contributed by atoms with E-state index in [1.807, 2.05) is 12.2 Å². The van der Waals surface area contributed by atoms with E-state index in [0.29, 0.717) is 5.78 Å². The standard InChI is InChI=1S/C12H18O/c1-2-3-4-7-11-8-5-6-9-12(13)10-11/h2,10H,1,3-9H2. The van der Waals surface area contributed by atoms with Crippen molar-refractivity contribution >= 4 is 5.78 Å². The largest absolute Gasteiger partial charge is 0.295 e. The van der Waals surface area contributed by atoms with Gasteiger partial charge in [-0.15, -0.1) is 6.58 Å². The molecule has 0 aliphatic heterocycles. The summed E-state index contributed by atoms with van der Waals surface area (Å²) in [5, 5.41) is 0. The van der Waals surface area contributed by atoms with E-state index in [4.69, 9.17) is 0 Å². The van der Waals surface area contributed by atoms with Gasteiger partial charge in [-0.2, -0.15) is 0 Å². The average Bonchev–Trinajstić information content (AvgIpc) is 2.31. The molecule has 0 aromatic heterocycles. The minimum absolute atomic E-state index is 0.325. The first-order valence-electron chi connectivity index (χ1n) is 5.16. The Kier molecular flexibility index (Phi) is 4.52. The number of carbonyl (C=O) groups excluding carboxylic acids is 1. The summed E-state index contributed by atoms with van der Waals surface area (Å²) >= 11 is 0. The quantitative estimate of drug-likeness (QED) is 0.476. The van der Waals surface area contributed by atoms with Crippen molar-refractivity contribution in [3.8, 4) is 0 Å². The maximum Gasteiger partial charge on any atom is 0.155 e. The number of unbranched alkanes of at least 4 members (excludes halogenated alkanes) is 1. The molecule has 0 heterocycles. The van der Waals surface area contributed by atoms with Crippen molar-refractivity contribution < 1.29 is 4.79 Å². The molecule has 0 saturated carbocycles. The first kappa shape index (κ1) is 10.2. The van der Waals surface area contributed by atoms with Crippen LogP contribution < -0.4 is 0 Å². The first-order chi connectivity index (χ1) is 6.33. The highest BCUT2D eigenvalue weighted by Gasteiger charge is 2.07. The second-order valence-electron chi connectivity index (χ2n) is 3.66. The van der Waals surface area contributed by atoms with Crippen molar-refractivity contribution in [3.05, 3.63) is 24.3 Å². The molecule has 0 radical (unpaired) electrons. The molecule has 1 heteroatoms. The maximum absolute atomic E-state index is 11.2. The lowest BCUT2D eigenvalue weighted by Gasteiger charge is -2.02. The van der Waals surface area contributed by atoms with Crippen LogP contribution in [0.15, 0.2) is 24.3 Å². The Morgan fingerprint density at radius 1 is 1.38 bits per heavy atom. The third-order valence-electron chi connectivity index (χ3n) is 2.44. The highest BCUT2D eigenvalue weighted by Crippen LogP contribution is 2.19. The number of allylic oxidation sites excluding steroid dienone is 3. The summed E-state index contributed by atoms with van der Waals surface area (Å²) in [5.74, 6) is 0.325. The third-order valence-corrected chi connectivity index (χ3v) is 2.44. The Hall–Kier alpha value is -0.850. The van der Waals surface area contributed by atoms with Gasteiger partial charge in [-0.3, -0.25) is 4.79 Å². The zero-order valence-electron chi connectivity index (χ0n) is 8.22. The molecule has 0 aromatic carbocycles. The van der Waals surface area contributed by atoms with Crippen molar-refractivity contribution in [2.75, 3.05) is 0 Å². The molecule has 0 aromatic rings. The molecule has 0 saturated heterocycles. The Balaban J connectivity index is 2.36. The third kappa shape index (κ3) is 4.07. The highest BCUT2D eigenvalue weighted by atomic mass is 16.1. The molecule has 0 unspecified atom stereocenters. The van der Waals surface area contributed by atoms with Gasteiger partial charge in [0.05, 0.1) is 0 Å². The molecule has 1 rings (SSSR count). The van der Waals surface area contributed by atoms with E-state index in [0.717, 1.165) is 38.5 Å². The van der Waals surface area contributed by atoms with Crippen LogP contribution in [-0.2, 0) is 4.79 Å². The Morgan fingerprint density at radius 2 is 2.15 bits per heavy atom. The van der Waals surface area contributed by atoms with E-state index in [1.54, 1.807) is 0 Å². The molecular weight excluding hydrogens is 160 g/mol. The monoisotopic (exact) mass is 178 g/mol. The Bertz CT molecular complexity index is 213. The predicted octanol–water partition coefficient (Wildman–Crippen LogP) is 3.41. The van der Waals surface area contributed by atoms with Crippen molar-refractivity contribution in [1.82, 2.24) is 0 Å². The van der Waals surface area contributed by atoms with Crippen LogP contribution >= 0.6 is 0 Å². The first-order valence-corrected chi connectivity index (χ1v) is 5.16. The topological polar surface area (TPSA) is 17.1 Å². The van der Waals surface area contributed by atoms with Crippen molar-refractivity contribution in [2.24, 2.45) is 0 Å². The van der Waals surface area contributed by atoms with Gasteiger partial charge in [0.1, 0.15) is 0 Å². The fourth-order valence-electron chi connectivity index (χ4n) is 1.69. The van der Waals surface area contributed by atoms with Gasteiger partial charge in [0.25, 0.3) is 0 Å². The van der Waals surface area contributed by atoms with Gasteiger partial charge in [-0.25, -0.2) is 0 Å². The molecule has 1 aliphatic carbocycles. The van der Waals surface area contributed by atoms with E-state index < -0.39 is 0 Å². The number of carbonyl (C=O) groups is 1. The molecule has 0 atom stereocenters. The van der Waals surface area contributed by atoms with Crippen LogP contribution in [0.3, 0.4) is 0 Å².